The fourth-order valence-corrected chi connectivity index (χ4v) is 2.19. The second-order valence-corrected chi connectivity index (χ2v) is 5.92. The van der Waals surface area contributed by atoms with Gasteiger partial charge in [-0.15, -0.1) is 0 Å². The summed E-state index contributed by atoms with van der Waals surface area (Å²) in [5.74, 6) is 0.645. The van der Waals surface area contributed by atoms with Crippen LogP contribution in [-0.4, -0.2) is 31.0 Å². The zero-order valence-electron chi connectivity index (χ0n) is 13.6. The molecule has 2 unspecified atom stereocenters. The van der Waals surface area contributed by atoms with E-state index in [9.17, 15) is 4.79 Å². The minimum Gasteiger partial charge on any atom is -0.363 e. The summed E-state index contributed by atoms with van der Waals surface area (Å²) in [5.41, 5.74) is 7.77. The molecule has 1 aromatic heterocycles. The quantitative estimate of drug-likeness (QED) is 0.884. The molecule has 0 saturated carbocycles. The van der Waals surface area contributed by atoms with E-state index in [1.807, 2.05) is 63.2 Å². The molecule has 5 nitrogen and oxygen atoms in total. The lowest BCUT2D eigenvalue weighted by Crippen LogP contribution is -2.38. The van der Waals surface area contributed by atoms with E-state index in [4.69, 9.17) is 5.73 Å². The lowest BCUT2D eigenvalue weighted by molar-refractivity contribution is -0.125. The first-order chi connectivity index (χ1) is 10.4. The monoisotopic (exact) mass is 300 g/mol. The van der Waals surface area contributed by atoms with Crippen LogP contribution in [0.2, 0.25) is 0 Å². The summed E-state index contributed by atoms with van der Waals surface area (Å²) < 4.78 is 0. The van der Waals surface area contributed by atoms with Crippen LogP contribution >= 0.6 is 0 Å². The average Bonchev–Trinajstić information content (AvgIpc) is 2.50. The minimum atomic E-state index is -0.207. The molecule has 3 N–H and O–H groups in total. The van der Waals surface area contributed by atoms with E-state index in [2.05, 4.69) is 10.3 Å². The van der Waals surface area contributed by atoms with Crippen LogP contribution in [-0.2, 0) is 11.3 Å². The van der Waals surface area contributed by atoms with Gasteiger partial charge in [-0.2, -0.15) is 0 Å². The molecule has 2 aromatic rings. The standard InChI is InChI=1S/C17H24N4O/c1-11(12(2)18)17(22)19-10-13-9-16(21(3)4)20-15-8-6-5-7-14(13)15/h5-9,11-12H,10,18H2,1-4H3,(H,19,22). The predicted octanol–water partition coefficient (Wildman–Crippen LogP) is 1.90. The molecule has 0 aliphatic heterocycles. The summed E-state index contributed by atoms with van der Waals surface area (Å²) in [6, 6.07) is 9.81. The summed E-state index contributed by atoms with van der Waals surface area (Å²) in [6.45, 7) is 4.16. The molecule has 1 amide bonds. The number of nitrogens with two attached hydrogens (primary N) is 1. The highest BCUT2D eigenvalue weighted by atomic mass is 16.1. The Kier molecular flexibility index (Phi) is 4.98. The number of carbonyl (C=O) groups excluding carboxylic acids is 1. The second-order valence-electron chi connectivity index (χ2n) is 5.92. The van der Waals surface area contributed by atoms with E-state index in [1.165, 1.54) is 0 Å². The number of rotatable bonds is 5. The van der Waals surface area contributed by atoms with Crippen molar-refractivity contribution < 1.29 is 4.79 Å². The number of hydrogen-bond acceptors (Lipinski definition) is 4. The smallest absolute Gasteiger partial charge is 0.224 e. The lowest BCUT2D eigenvalue weighted by atomic mass is 10.0. The van der Waals surface area contributed by atoms with Gasteiger partial charge in [0.25, 0.3) is 0 Å². The molecular formula is C17H24N4O. The predicted molar refractivity (Wildman–Crippen MR) is 90.7 cm³/mol. The summed E-state index contributed by atoms with van der Waals surface area (Å²) in [4.78, 5) is 18.7. The molecule has 118 valence electrons. The Labute approximate surface area is 131 Å². The Hall–Kier alpha value is -2.14. The van der Waals surface area contributed by atoms with Crippen molar-refractivity contribution in [3.63, 3.8) is 0 Å². The van der Waals surface area contributed by atoms with Gasteiger partial charge in [0.2, 0.25) is 5.91 Å². The van der Waals surface area contributed by atoms with Gasteiger partial charge >= 0.3 is 0 Å². The van der Waals surface area contributed by atoms with Crippen LogP contribution in [0.3, 0.4) is 0 Å². The van der Waals surface area contributed by atoms with Crippen LogP contribution in [0.15, 0.2) is 30.3 Å². The number of nitrogens with one attached hydrogen (secondary N) is 1. The lowest BCUT2D eigenvalue weighted by Gasteiger charge is -2.18. The Morgan fingerprint density at radius 1 is 1.32 bits per heavy atom. The molecule has 1 aromatic carbocycles. The van der Waals surface area contributed by atoms with Crippen LogP contribution in [0.25, 0.3) is 10.9 Å². The number of anilines is 1. The van der Waals surface area contributed by atoms with Gasteiger partial charge in [-0.3, -0.25) is 4.79 Å². The molecule has 1 heterocycles. The van der Waals surface area contributed by atoms with Crippen LogP contribution in [0.1, 0.15) is 19.4 Å². The van der Waals surface area contributed by atoms with Gasteiger partial charge < -0.3 is 16.0 Å². The molecule has 0 fully saturated rings. The average molecular weight is 300 g/mol. The maximum atomic E-state index is 12.1. The number of hydrogen-bond donors (Lipinski definition) is 2. The van der Waals surface area contributed by atoms with Gasteiger partial charge in [0.15, 0.2) is 0 Å². The largest absolute Gasteiger partial charge is 0.363 e. The number of pyridine rings is 1. The van der Waals surface area contributed by atoms with Gasteiger partial charge in [-0.1, -0.05) is 25.1 Å². The second kappa shape index (κ2) is 6.75. The van der Waals surface area contributed by atoms with E-state index >= 15 is 0 Å². The van der Waals surface area contributed by atoms with Gasteiger partial charge in [-0.25, -0.2) is 4.98 Å². The number of para-hydroxylation sites is 1. The van der Waals surface area contributed by atoms with Crippen molar-refractivity contribution in [1.29, 1.82) is 0 Å². The number of nitrogens with zero attached hydrogens (tertiary/aromatic N) is 2. The van der Waals surface area contributed by atoms with Gasteiger partial charge in [-0.05, 0) is 24.6 Å². The number of fused-ring (bicyclic) bond motifs is 1. The molecule has 0 saturated heterocycles. The minimum absolute atomic E-state index is 0.0257. The van der Waals surface area contributed by atoms with Crippen molar-refractivity contribution in [2.75, 3.05) is 19.0 Å². The molecule has 5 heteroatoms. The highest BCUT2D eigenvalue weighted by Crippen LogP contribution is 2.22. The Morgan fingerprint density at radius 3 is 2.64 bits per heavy atom. The van der Waals surface area contributed by atoms with E-state index in [-0.39, 0.29) is 17.9 Å². The zero-order valence-corrected chi connectivity index (χ0v) is 13.6. The van der Waals surface area contributed by atoms with Crippen LogP contribution in [0.5, 0.6) is 0 Å². The molecule has 0 spiro atoms. The van der Waals surface area contributed by atoms with Gasteiger partial charge in [0.1, 0.15) is 5.82 Å². The van der Waals surface area contributed by atoms with E-state index in [0.29, 0.717) is 6.54 Å². The molecule has 0 aliphatic carbocycles. The maximum absolute atomic E-state index is 12.1. The van der Waals surface area contributed by atoms with Crippen molar-refractivity contribution in [1.82, 2.24) is 10.3 Å². The Morgan fingerprint density at radius 2 is 2.00 bits per heavy atom. The van der Waals surface area contributed by atoms with E-state index < -0.39 is 0 Å². The fourth-order valence-electron chi connectivity index (χ4n) is 2.19. The third-order valence-electron chi connectivity index (χ3n) is 3.90. The van der Waals surface area contributed by atoms with Crippen molar-refractivity contribution in [2.45, 2.75) is 26.4 Å². The molecular weight excluding hydrogens is 276 g/mol. The van der Waals surface area contributed by atoms with Crippen LogP contribution in [0.4, 0.5) is 5.82 Å². The molecule has 0 radical (unpaired) electrons. The third-order valence-corrected chi connectivity index (χ3v) is 3.90. The highest BCUT2D eigenvalue weighted by molar-refractivity contribution is 5.85. The highest BCUT2D eigenvalue weighted by Gasteiger charge is 2.17. The molecule has 2 rings (SSSR count). The number of aromatic nitrogens is 1. The number of amides is 1. The summed E-state index contributed by atoms with van der Waals surface area (Å²) >= 11 is 0. The van der Waals surface area contributed by atoms with Crippen molar-refractivity contribution >= 4 is 22.6 Å². The summed E-state index contributed by atoms with van der Waals surface area (Å²) in [5, 5.41) is 4.03. The first kappa shape index (κ1) is 16.2. The number of benzene rings is 1. The van der Waals surface area contributed by atoms with Crippen LogP contribution < -0.4 is 16.0 Å². The van der Waals surface area contributed by atoms with Crippen molar-refractivity contribution in [3.05, 3.63) is 35.9 Å². The third kappa shape index (κ3) is 3.54. The van der Waals surface area contributed by atoms with Crippen LogP contribution in [0, 0.1) is 5.92 Å². The normalized spacial score (nSPS) is 13.7. The fraction of sp³-hybridized carbons (Fsp3) is 0.412. The first-order valence-electron chi connectivity index (χ1n) is 7.49. The van der Waals surface area contributed by atoms with Crippen molar-refractivity contribution in [2.24, 2.45) is 11.7 Å². The number of carbonyl (C=O) groups is 1. The van der Waals surface area contributed by atoms with E-state index in [0.717, 1.165) is 22.3 Å². The summed E-state index contributed by atoms with van der Waals surface area (Å²) in [6.07, 6.45) is 0. The van der Waals surface area contributed by atoms with Gasteiger partial charge in [0, 0.05) is 38.0 Å². The summed E-state index contributed by atoms with van der Waals surface area (Å²) in [7, 11) is 3.91. The van der Waals surface area contributed by atoms with E-state index in [1.54, 1.807) is 0 Å². The zero-order chi connectivity index (χ0) is 16.3. The first-order valence-corrected chi connectivity index (χ1v) is 7.49. The SMILES string of the molecule is CC(N)C(C)C(=O)NCc1cc(N(C)C)nc2ccccc12. The Balaban J connectivity index is 2.28. The van der Waals surface area contributed by atoms with Crippen molar-refractivity contribution in [3.8, 4) is 0 Å². The van der Waals surface area contributed by atoms with Gasteiger partial charge in [0.05, 0.1) is 5.52 Å². The Bertz CT molecular complexity index is 667. The molecule has 22 heavy (non-hydrogen) atoms. The topological polar surface area (TPSA) is 71.2 Å². The molecule has 2 atom stereocenters. The molecule has 0 aliphatic rings. The molecule has 0 bridgehead atoms. The maximum Gasteiger partial charge on any atom is 0.224 e.